The average molecular weight is 451 g/mol. The number of alkyl halides is 1. The Morgan fingerprint density at radius 2 is 1.62 bits per heavy atom. The van der Waals surface area contributed by atoms with Crippen molar-refractivity contribution in [3.8, 4) is 5.75 Å². The van der Waals surface area contributed by atoms with E-state index in [0.29, 0.717) is 29.2 Å². The monoisotopic (exact) mass is 450 g/mol. The highest BCUT2D eigenvalue weighted by Gasteiger charge is 2.28. The third-order valence-electron chi connectivity index (χ3n) is 4.66. The van der Waals surface area contributed by atoms with Crippen molar-refractivity contribution in [1.29, 1.82) is 0 Å². The van der Waals surface area contributed by atoms with Gasteiger partial charge in [0, 0.05) is 5.33 Å². The molecule has 2 amide bonds. The number of carbonyl (C=O) groups is 2. The van der Waals surface area contributed by atoms with Crippen LogP contribution in [0.3, 0.4) is 0 Å². The van der Waals surface area contributed by atoms with Crippen molar-refractivity contribution in [3.63, 3.8) is 0 Å². The van der Waals surface area contributed by atoms with Crippen molar-refractivity contribution in [1.82, 2.24) is 0 Å². The largest absolute Gasteiger partial charge is 0.493 e. The van der Waals surface area contributed by atoms with Crippen molar-refractivity contribution in [2.24, 2.45) is 0 Å². The van der Waals surface area contributed by atoms with E-state index in [9.17, 15) is 9.59 Å². The lowest BCUT2D eigenvalue weighted by Gasteiger charge is -2.24. The first-order chi connectivity index (χ1) is 14.2. The van der Waals surface area contributed by atoms with Gasteiger partial charge in [0.25, 0.3) is 5.91 Å². The minimum Gasteiger partial charge on any atom is -0.493 e. The number of amides is 2. The van der Waals surface area contributed by atoms with E-state index in [-0.39, 0.29) is 18.2 Å². The Labute approximate surface area is 177 Å². The van der Waals surface area contributed by atoms with Gasteiger partial charge in [0.1, 0.15) is 5.75 Å². The van der Waals surface area contributed by atoms with E-state index in [1.54, 1.807) is 29.2 Å². The smallest absolute Gasteiger partial charge is 0.257 e. The summed E-state index contributed by atoms with van der Waals surface area (Å²) < 4.78 is 5.56. The van der Waals surface area contributed by atoms with Gasteiger partial charge in [-0.25, -0.2) is 0 Å². The predicted octanol–water partition coefficient (Wildman–Crippen LogP) is 4.93. The van der Waals surface area contributed by atoms with Crippen LogP contribution in [0.2, 0.25) is 0 Å². The van der Waals surface area contributed by atoms with Crippen molar-refractivity contribution in [2.75, 3.05) is 22.2 Å². The second-order valence-corrected chi connectivity index (χ2v) is 7.37. The third kappa shape index (κ3) is 4.03. The Morgan fingerprint density at radius 3 is 2.38 bits per heavy atom. The zero-order valence-corrected chi connectivity index (χ0v) is 17.2. The fourth-order valence-corrected chi connectivity index (χ4v) is 3.50. The normalized spacial score (nSPS) is 12.4. The van der Waals surface area contributed by atoms with E-state index in [0.717, 1.165) is 16.6 Å². The number of para-hydroxylation sites is 3. The fraction of sp³-hybridized carbons (Fsp3) is 0.130. The average Bonchev–Trinajstić information content (AvgIpc) is 2.87. The molecule has 0 spiro atoms. The molecule has 4 rings (SSSR count). The molecule has 0 aromatic heterocycles. The molecule has 1 heterocycles. The highest BCUT2D eigenvalue weighted by atomic mass is 79.9. The molecular weight excluding hydrogens is 432 g/mol. The molecule has 146 valence electrons. The zero-order chi connectivity index (χ0) is 20.2. The molecule has 0 unspecified atom stereocenters. The summed E-state index contributed by atoms with van der Waals surface area (Å²) in [5, 5.41) is 3.66. The number of benzene rings is 3. The molecule has 3 aromatic rings. The molecule has 0 radical (unpaired) electrons. The molecule has 0 fully saturated rings. The Morgan fingerprint density at radius 1 is 0.931 bits per heavy atom. The minimum absolute atomic E-state index is 0.115. The van der Waals surface area contributed by atoms with Crippen LogP contribution in [0.15, 0.2) is 72.8 Å². The number of carbonyl (C=O) groups excluding carboxylic acids is 2. The van der Waals surface area contributed by atoms with Gasteiger partial charge in [0.15, 0.2) is 0 Å². The van der Waals surface area contributed by atoms with Gasteiger partial charge < -0.3 is 10.1 Å². The molecule has 1 aliphatic rings. The van der Waals surface area contributed by atoms with Gasteiger partial charge in [-0.15, -0.1) is 0 Å². The number of hydrogen-bond donors (Lipinski definition) is 1. The number of nitrogens with one attached hydrogen (secondary N) is 1. The number of fused-ring (bicyclic) bond motifs is 2. The van der Waals surface area contributed by atoms with Gasteiger partial charge >= 0.3 is 0 Å². The Bertz CT molecular complexity index is 1050. The minimum atomic E-state index is -0.225. The number of rotatable bonds is 5. The second-order valence-electron chi connectivity index (χ2n) is 6.58. The first kappa shape index (κ1) is 19.2. The Balaban J connectivity index is 1.67. The molecule has 0 bridgehead atoms. The standard InChI is InChI=1S/C23H19BrN2O3/c24-13-14-29-17-11-9-16(10-12-17)15-22(27)26-20-7-3-1-5-18(20)23(28)25-19-6-2-4-8-21(19)26/h1-12H,13-15H2,(H,25,28). The molecule has 29 heavy (non-hydrogen) atoms. The van der Waals surface area contributed by atoms with Crippen LogP contribution in [0.1, 0.15) is 15.9 Å². The summed E-state index contributed by atoms with van der Waals surface area (Å²) in [5.41, 5.74) is 3.20. The van der Waals surface area contributed by atoms with Crippen LogP contribution in [-0.4, -0.2) is 23.8 Å². The number of nitrogens with zero attached hydrogens (tertiary/aromatic N) is 1. The maximum atomic E-state index is 13.4. The number of anilines is 3. The SMILES string of the molecule is O=C1Nc2ccccc2N(C(=O)Cc2ccc(OCCBr)cc2)c2ccccc21. The van der Waals surface area contributed by atoms with Crippen molar-refractivity contribution in [2.45, 2.75) is 6.42 Å². The van der Waals surface area contributed by atoms with Crippen LogP contribution in [0.4, 0.5) is 17.1 Å². The summed E-state index contributed by atoms with van der Waals surface area (Å²) in [4.78, 5) is 27.6. The Hall–Kier alpha value is -3.12. The van der Waals surface area contributed by atoms with Gasteiger partial charge in [-0.1, -0.05) is 52.3 Å². The summed E-state index contributed by atoms with van der Waals surface area (Å²) in [6.07, 6.45) is 0.204. The lowest BCUT2D eigenvalue weighted by atomic mass is 10.1. The van der Waals surface area contributed by atoms with Crippen molar-refractivity contribution < 1.29 is 14.3 Å². The van der Waals surface area contributed by atoms with Crippen molar-refractivity contribution in [3.05, 3.63) is 83.9 Å². The van der Waals surface area contributed by atoms with E-state index >= 15 is 0 Å². The van der Waals surface area contributed by atoms with Crippen LogP contribution in [0.25, 0.3) is 0 Å². The highest BCUT2D eigenvalue weighted by molar-refractivity contribution is 9.09. The van der Waals surface area contributed by atoms with Crippen LogP contribution >= 0.6 is 15.9 Å². The van der Waals surface area contributed by atoms with E-state index < -0.39 is 0 Å². The van der Waals surface area contributed by atoms with Gasteiger partial charge in [-0.2, -0.15) is 0 Å². The summed E-state index contributed by atoms with van der Waals surface area (Å²) in [7, 11) is 0. The zero-order valence-electron chi connectivity index (χ0n) is 15.6. The molecule has 1 N–H and O–H groups in total. The van der Waals surface area contributed by atoms with E-state index in [1.807, 2.05) is 48.5 Å². The third-order valence-corrected chi connectivity index (χ3v) is 4.98. The van der Waals surface area contributed by atoms with Crippen LogP contribution < -0.4 is 15.0 Å². The summed E-state index contributed by atoms with van der Waals surface area (Å²) in [6.45, 7) is 0.584. The molecule has 0 atom stereocenters. The molecule has 6 heteroatoms. The second kappa shape index (κ2) is 8.49. The fourth-order valence-electron chi connectivity index (χ4n) is 3.34. The first-order valence-electron chi connectivity index (χ1n) is 9.27. The number of ether oxygens (including phenoxy) is 1. The lowest BCUT2D eigenvalue weighted by Crippen LogP contribution is -2.28. The van der Waals surface area contributed by atoms with Gasteiger partial charge in [-0.3, -0.25) is 14.5 Å². The lowest BCUT2D eigenvalue weighted by molar-refractivity contribution is -0.117. The molecule has 3 aromatic carbocycles. The summed E-state index contributed by atoms with van der Waals surface area (Å²) >= 11 is 3.33. The van der Waals surface area contributed by atoms with E-state index in [4.69, 9.17) is 4.74 Å². The predicted molar refractivity (Wildman–Crippen MR) is 117 cm³/mol. The molecule has 5 nitrogen and oxygen atoms in total. The topological polar surface area (TPSA) is 58.6 Å². The maximum absolute atomic E-state index is 13.4. The highest BCUT2D eigenvalue weighted by Crippen LogP contribution is 2.38. The molecule has 0 aliphatic carbocycles. The first-order valence-corrected chi connectivity index (χ1v) is 10.4. The van der Waals surface area contributed by atoms with E-state index in [2.05, 4.69) is 21.2 Å². The molecule has 0 saturated carbocycles. The molecular formula is C23H19BrN2O3. The van der Waals surface area contributed by atoms with Gasteiger partial charge in [0.2, 0.25) is 5.91 Å². The summed E-state index contributed by atoms with van der Waals surface area (Å²) in [5.74, 6) is 0.424. The van der Waals surface area contributed by atoms with Crippen molar-refractivity contribution >= 4 is 44.8 Å². The maximum Gasteiger partial charge on any atom is 0.257 e. The summed E-state index contributed by atoms with van der Waals surface area (Å²) in [6, 6.07) is 22.0. The van der Waals surface area contributed by atoms with Crippen LogP contribution in [-0.2, 0) is 11.2 Å². The molecule has 0 saturated heterocycles. The Kier molecular flexibility index (Phi) is 5.62. The molecule has 1 aliphatic heterocycles. The van der Waals surface area contributed by atoms with Gasteiger partial charge in [0.05, 0.1) is 35.7 Å². The number of halogens is 1. The number of hydrogen-bond acceptors (Lipinski definition) is 3. The van der Waals surface area contributed by atoms with E-state index in [1.165, 1.54) is 0 Å². The van der Waals surface area contributed by atoms with Gasteiger partial charge in [-0.05, 0) is 42.0 Å². The quantitative estimate of drug-likeness (QED) is 0.560. The van der Waals surface area contributed by atoms with Crippen LogP contribution in [0.5, 0.6) is 5.75 Å². The van der Waals surface area contributed by atoms with Crippen LogP contribution in [0, 0.1) is 0 Å².